The predicted octanol–water partition coefficient (Wildman–Crippen LogP) is 1.60. The molecular weight excluding hydrogens is 228 g/mol. The fourth-order valence-corrected chi connectivity index (χ4v) is 1.73. The van der Waals surface area contributed by atoms with E-state index in [0.29, 0.717) is 12.5 Å². The van der Waals surface area contributed by atoms with Crippen molar-refractivity contribution in [1.29, 1.82) is 0 Å². The highest BCUT2D eigenvalue weighted by molar-refractivity contribution is 5.29. The molecule has 2 N–H and O–H groups in total. The Morgan fingerprint density at radius 3 is 2.67 bits per heavy atom. The summed E-state index contributed by atoms with van der Waals surface area (Å²) in [5.74, 6) is 1.57. The van der Waals surface area contributed by atoms with E-state index in [1.807, 2.05) is 43.4 Å². The summed E-state index contributed by atoms with van der Waals surface area (Å²) in [6, 6.07) is 3.93. The van der Waals surface area contributed by atoms with Gasteiger partial charge < -0.3 is 15.1 Å². The monoisotopic (exact) mass is 246 g/mol. The van der Waals surface area contributed by atoms with Gasteiger partial charge in [0.2, 0.25) is 5.95 Å². The van der Waals surface area contributed by atoms with Gasteiger partial charge in [-0.15, -0.1) is 0 Å². The van der Waals surface area contributed by atoms with Crippen molar-refractivity contribution in [3.05, 3.63) is 42.1 Å². The molecule has 5 heteroatoms. The van der Waals surface area contributed by atoms with Gasteiger partial charge in [-0.1, -0.05) is 0 Å². The lowest BCUT2D eigenvalue weighted by molar-refractivity contribution is 0.506. The Morgan fingerprint density at radius 2 is 2.11 bits per heavy atom. The van der Waals surface area contributed by atoms with Gasteiger partial charge in [0.1, 0.15) is 5.76 Å². The van der Waals surface area contributed by atoms with Gasteiger partial charge >= 0.3 is 0 Å². The van der Waals surface area contributed by atoms with Crippen molar-refractivity contribution in [2.75, 3.05) is 11.9 Å². The van der Waals surface area contributed by atoms with Crippen LogP contribution in [0.4, 0.5) is 5.95 Å². The molecule has 0 aliphatic heterocycles. The molecule has 1 unspecified atom stereocenters. The van der Waals surface area contributed by atoms with E-state index >= 15 is 0 Å². The summed E-state index contributed by atoms with van der Waals surface area (Å²) in [4.78, 5) is 10.6. The third kappa shape index (κ3) is 3.30. The van der Waals surface area contributed by atoms with Gasteiger partial charge in [0.25, 0.3) is 0 Å². The number of furan rings is 1. The molecule has 5 nitrogen and oxygen atoms in total. The average Bonchev–Trinajstić information content (AvgIpc) is 2.82. The topological polar surface area (TPSA) is 68.2 Å². The summed E-state index contributed by atoms with van der Waals surface area (Å²) in [5.41, 5.74) is 6.79. The summed E-state index contributed by atoms with van der Waals surface area (Å²) in [6.07, 6.45) is 6.10. The van der Waals surface area contributed by atoms with Crippen LogP contribution in [0.2, 0.25) is 0 Å². The van der Waals surface area contributed by atoms with Crippen LogP contribution in [0.15, 0.2) is 35.2 Å². The van der Waals surface area contributed by atoms with Crippen molar-refractivity contribution in [3.63, 3.8) is 0 Å². The highest BCUT2D eigenvalue weighted by Crippen LogP contribution is 2.11. The number of hydrogen-bond acceptors (Lipinski definition) is 5. The van der Waals surface area contributed by atoms with Crippen molar-refractivity contribution >= 4 is 5.95 Å². The second kappa shape index (κ2) is 5.64. The quantitative estimate of drug-likeness (QED) is 0.867. The number of aromatic nitrogens is 2. The van der Waals surface area contributed by atoms with E-state index in [9.17, 15) is 0 Å². The lowest BCUT2D eigenvalue weighted by Gasteiger charge is -2.15. The van der Waals surface area contributed by atoms with Crippen molar-refractivity contribution in [3.8, 4) is 0 Å². The molecule has 0 spiro atoms. The Labute approximate surface area is 107 Å². The molecular formula is C13H18N4O. The van der Waals surface area contributed by atoms with Crippen LogP contribution in [0.1, 0.15) is 18.2 Å². The first kappa shape index (κ1) is 12.6. The molecule has 1 atom stereocenters. The molecule has 0 saturated heterocycles. The minimum absolute atomic E-state index is 0.125. The van der Waals surface area contributed by atoms with Gasteiger partial charge in [-0.3, -0.25) is 0 Å². The maximum Gasteiger partial charge on any atom is 0.225 e. The van der Waals surface area contributed by atoms with E-state index in [1.54, 1.807) is 6.26 Å². The van der Waals surface area contributed by atoms with E-state index in [-0.39, 0.29) is 6.04 Å². The van der Waals surface area contributed by atoms with E-state index in [2.05, 4.69) is 9.97 Å². The Hall–Kier alpha value is -1.88. The smallest absolute Gasteiger partial charge is 0.225 e. The molecule has 0 aliphatic rings. The second-order valence-electron chi connectivity index (χ2n) is 4.51. The minimum Gasteiger partial charge on any atom is -0.467 e. The summed E-state index contributed by atoms with van der Waals surface area (Å²) in [7, 11) is 1.93. The first-order valence-electron chi connectivity index (χ1n) is 5.95. The molecule has 0 aromatic carbocycles. The SMILES string of the molecule is CC(N)Cc1cnc(N(C)Cc2ccco2)nc1. The Balaban J connectivity index is 2.00. The van der Waals surface area contributed by atoms with E-state index < -0.39 is 0 Å². The van der Waals surface area contributed by atoms with Crippen molar-refractivity contribution in [1.82, 2.24) is 9.97 Å². The molecule has 18 heavy (non-hydrogen) atoms. The molecule has 0 radical (unpaired) electrons. The average molecular weight is 246 g/mol. The van der Waals surface area contributed by atoms with E-state index in [0.717, 1.165) is 17.7 Å². The molecule has 2 rings (SSSR count). The summed E-state index contributed by atoms with van der Waals surface area (Å²) < 4.78 is 5.29. The van der Waals surface area contributed by atoms with Crippen LogP contribution < -0.4 is 10.6 Å². The molecule has 0 saturated carbocycles. The minimum atomic E-state index is 0.125. The number of anilines is 1. The second-order valence-corrected chi connectivity index (χ2v) is 4.51. The molecule has 0 fully saturated rings. The van der Waals surface area contributed by atoms with Gasteiger partial charge in [0.05, 0.1) is 12.8 Å². The Bertz CT molecular complexity index is 464. The number of rotatable bonds is 5. The molecule has 2 heterocycles. The van der Waals surface area contributed by atoms with Crippen LogP contribution in [0.25, 0.3) is 0 Å². The maximum atomic E-state index is 5.73. The molecule has 0 amide bonds. The lowest BCUT2D eigenvalue weighted by Crippen LogP contribution is -2.20. The Morgan fingerprint density at radius 1 is 1.39 bits per heavy atom. The number of hydrogen-bond donors (Lipinski definition) is 1. The van der Waals surface area contributed by atoms with Gasteiger partial charge in [0.15, 0.2) is 0 Å². The number of nitrogens with zero attached hydrogens (tertiary/aromatic N) is 3. The lowest BCUT2D eigenvalue weighted by atomic mass is 10.1. The van der Waals surface area contributed by atoms with Gasteiger partial charge in [-0.05, 0) is 31.0 Å². The normalized spacial score (nSPS) is 12.4. The van der Waals surface area contributed by atoms with Gasteiger partial charge in [0, 0.05) is 25.5 Å². The van der Waals surface area contributed by atoms with Crippen LogP contribution in [0, 0.1) is 0 Å². The van der Waals surface area contributed by atoms with Crippen molar-refractivity contribution < 1.29 is 4.42 Å². The molecule has 0 aliphatic carbocycles. The molecule has 96 valence electrons. The largest absolute Gasteiger partial charge is 0.467 e. The van der Waals surface area contributed by atoms with E-state index in [4.69, 9.17) is 10.2 Å². The first-order chi connectivity index (χ1) is 8.65. The van der Waals surface area contributed by atoms with Gasteiger partial charge in [-0.25, -0.2) is 9.97 Å². The van der Waals surface area contributed by atoms with Crippen molar-refractivity contribution in [2.24, 2.45) is 5.73 Å². The van der Waals surface area contributed by atoms with Crippen LogP contribution in [0.3, 0.4) is 0 Å². The highest BCUT2D eigenvalue weighted by atomic mass is 16.3. The van der Waals surface area contributed by atoms with Crippen LogP contribution in [-0.4, -0.2) is 23.1 Å². The van der Waals surface area contributed by atoms with Gasteiger partial charge in [-0.2, -0.15) is 0 Å². The zero-order valence-corrected chi connectivity index (χ0v) is 10.7. The fourth-order valence-electron chi connectivity index (χ4n) is 1.73. The van der Waals surface area contributed by atoms with Crippen molar-refractivity contribution in [2.45, 2.75) is 25.9 Å². The first-order valence-corrected chi connectivity index (χ1v) is 5.95. The third-order valence-electron chi connectivity index (χ3n) is 2.56. The van der Waals surface area contributed by atoms with Crippen LogP contribution >= 0.6 is 0 Å². The fraction of sp³-hybridized carbons (Fsp3) is 0.385. The zero-order chi connectivity index (χ0) is 13.0. The maximum absolute atomic E-state index is 5.73. The molecule has 2 aromatic heterocycles. The summed E-state index contributed by atoms with van der Waals surface area (Å²) >= 11 is 0. The summed E-state index contributed by atoms with van der Waals surface area (Å²) in [6.45, 7) is 2.62. The number of nitrogens with two attached hydrogens (primary N) is 1. The van der Waals surface area contributed by atoms with Crippen LogP contribution in [-0.2, 0) is 13.0 Å². The molecule has 2 aromatic rings. The zero-order valence-electron chi connectivity index (χ0n) is 10.7. The van der Waals surface area contributed by atoms with Crippen LogP contribution in [0.5, 0.6) is 0 Å². The van der Waals surface area contributed by atoms with E-state index in [1.165, 1.54) is 0 Å². The molecule has 0 bridgehead atoms. The third-order valence-corrected chi connectivity index (χ3v) is 2.56. The Kier molecular flexibility index (Phi) is 3.94. The summed E-state index contributed by atoms with van der Waals surface area (Å²) in [5, 5.41) is 0. The predicted molar refractivity (Wildman–Crippen MR) is 70.2 cm³/mol. The standard InChI is InChI=1S/C13H18N4O/c1-10(14)6-11-7-15-13(16-8-11)17(2)9-12-4-3-5-18-12/h3-5,7-8,10H,6,9,14H2,1-2H3. The highest BCUT2D eigenvalue weighted by Gasteiger charge is 2.07.